The van der Waals surface area contributed by atoms with Gasteiger partial charge in [0.2, 0.25) is 0 Å². The van der Waals surface area contributed by atoms with E-state index in [1.807, 2.05) is 0 Å². The second-order valence-corrected chi connectivity index (χ2v) is 6.02. The summed E-state index contributed by atoms with van der Waals surface area (Å²) in [6, 6.07) is 6.69. The summed E-state index contributed by atoms with van der Waals surface area (Å²) < 4.78 is 0. The molecule has 1 atom stereocenters. The van der Waals surface area contributed by atoms with E-state index in [-0.39, 0.29) is 12.5 Å². The highest BCUT2D eigenvalue weighted by Crippen LogP contribution is 2.26. The highest BCUT2D eigenvalue weighted by Gasteiger charge is 2.23. The summed E-state index contributed by atoms with van der Waals surface area (Å²) in [5, 5.41) is 15.4. The minimum atomic E-state index is -0.788. The number of carbonyl (C=O) groups excluding carboxylic acids is 2. The average molecular weight is 325 g/mol. The quantitative estimate of drug-likeness (QED) is 0.744. The van der Waals surface area contributed by atoms with Crippen molar-refractivity contribution in [3.63, 3.8) is 0 Å². The second-order valence-electron chi connectivity index (χ2n) is 5.61. The Hall–Kier alpha value is -1.59. The molecule has 5 nitrogen and oxygen atoms in total. The fraction of sp³-hybridized carbons (Fsp3) is 0.500. The number of carbonyl (C=O) groups is 2. The predicted molar refractivity (Wildman–Crippen MR) is 85.7 cm³/mol. The van der Waals surface area contributed by atoms with Crippen molar-refractivity contribution in [1.29, 1.82) is 0 Å². The lowest BCUT2D eigenvalue weighted by Gasteiger charge is -2.26. The molecule has 120 valence electrons. The van der Waals surface area contributed by atoms with E-state index in [0.717, 1.165) is 25.7 Å². The van der Waals surface area contributed by atoms with Gasteiger partial charge >= 0.3 is 11.8 Å². The SMILES string of the molecule is O=C(NC[C@H](O)C1CCCCC1)C(=O)Nc1ccccc1Cl. The number of hydrogen-bond donors (Lipinski definition) is 3. The molecule has 2 rings (SSSR count). The van der Waals surface area contributed by atoms with Gasteiger partial charge in [0.05, 0.1) is 16.8 Å². The third kappa shape index (κ3) is 4.71. The molecule has 1 aromatic rings. The van der Waals surface area contributed by atoms with Crippen LogP contribution in [0.25, 0.3) is 0 Å². The first-order valence-electron chi connectivity index (χ1n) is 7.59. The molecule has 0 bridgehead atoms. The summed E-state index contributed by atoms with van der Waals surface area (Å²) in [6.07, 6.45) is 4.78. The zero-order chi connectivity index (χ0) is 15.9. The minimum absolute atomic E-state index is 0.0967. The van der Waals surface area contributed by atoms with Gasteiger partial charge in [-0.05, 0) is 30.9 Å². The van der Waals surface area contributed by atoms with Crippen LogP contribution in [-0.4, -0.2) is 29.6 Å². The van der Waals surface area contributed by atoms with Gasteiger partial charge in [0.25, 0.3) is 0 Å². The van der Waals surface area contributed by atoms with Crippen molar-refractivity contribution < 1.29 is 14.7 Å². The van der Waals surface area contributed by atoms with Crippen LogP contribution >= 0.6 is 11.6 Å². The molecule has 0 radical (unpaired) electrons. The van der Waals surface area contributed by atoms with Gasteiger partial charge in [0.15, 0.2) is 0 Å². The van der Waals surface area contributed by atoms with Crippen molar-refractivity contribution in [2.24, 2.45) is 5.92 Å². The molecule has 0 unspecified atom stereocenters. The lowest BCUT2D eigenvalue weighted by atomic mass is 9.85. The summed E-state index contributed by atoms with van der Waals surface area (Å²) in [7, 11) is 0. The Balaban J connectivity index is 1.79. The van der Waals surface area contributed by atoms with Crippen LogP contribution in [-0.2, 0) is 9.59 Å². The van der Waals surface area contributed by atoms with Crippen LogP contribution in [0.5, 0.6) is 0 Å². The largest absolute Gasteiger partial charge is 0.391 e. The number of halogens is 1. The molecule has 0 aliphatic heterocycles. The van der Waals surface area contributed by atoms with Crippen LogP contribution in [0.1, 0.15) is 32.1 Å². The topological polar surface area (TPSA) is 78.4 Å². The van der Waals surface area contributed by atoms with E-state index < -0.39 is 17.9 Å². The third-order valence-electron chi connectivity index (χ3n) is 3.99. The fourth-order valence-corrected chi connectivity index (χ4v) is 2.89. The first kappa shape index (κ1) is 16.8. The zero-order valence-electron chi connectivity index (χ0n) is 12.3. The zero-order valence-corrected chi connectivity index (χ0v) is 13.1. The Bertz CT molecular complexity index is 530. The van der Waals surface area contributed by atoms with Crippen molar-refractivity contribution in [3.05, 3.63) is 29.3 Å². The standard InChI is InChI=1S/C16H21ClN2O3/c17-12-8-4-5-9-13(12)19-16(22)15(21)18-10-14(20)11-6-2-1-3-7-11/h4-5,8-9,11,14,20H,1-3,6-7,10H2,(H,18,21)(H,19,22)/t14-/m0/s1. The molecule has 6 heteroatoms. The molecular weight excluding hydrogens is 304 g/mol. The number of aliphatic hydroxyl groups excluding tert-OH is 1. The van der Waals surface area contributed by atoms with Crippen LogP contribution in [0.3, 0.4) is 0 Å². The van der Waals surface area contributed by atoms with Gasteiger partial charge in [-0.3, -0.25) is 9.59 Å². The van der Waals surface area contributed by atoms with Crippen molar-refractivity contribution >= 4 is 29.1 Å². The first-order valence-corrected chi connectivity index (χ1v) is 7.97. The van der Waals surface area contributed by atoms with E-state index in [1.54, 1.807) is 24.3 Å². The normalized spacial score (nSPS) is 16.8. The number of amides is 2. The highest BCUT2D eigenvalue weighted by molar-refractivity contribution is 6.41. The van der Waals surface area contributed by atoms with Gasteiger partial charge < -0.3 is 15.7 Å². The number of hydrogen-bond acceptors (Lipinski definition) is 3. The lowest BCUT2D eigenvalue weighted by Crippen LogP contribution is -2.42. The van der Waals surface area contributed by atoms with Crippen LogP contribution in [0.2, 0.25) is 5.02 Å². The number of anilines is 1. The number of rotatable bonds is 4. The average Bonchev–Trinajstić information content (AvgIpc) is 2.55. The summed E-state index contributed by atoms with van der Waals surface area (Å²) >= 11 is 5.92. The Kier molecular flexibility index (Phi) is 6.21. The van der Waals surface area contributed by atoms with E-state index >= 15 is 0 Å². The number of aliphatic hydroxyl groups is 1. The number of benzene rings is 1. The van der Waals surface area contributed by atoms with E-state index in [4.69, 9.17) is 11.6 Å². The maximum atomic E-state index is 11.8. The molecule has 3 N–H and O–H groups in total. The summed E-state index contributed by atoms with van der Waals surface area (Å²) in [6.45, 7) is 0.0967. The molecule has 1 fully saturated rings. The van der Waals surface area contributed by atoms with Crippen LogP contribution < -0.4 is 10.6 Å². The maximum Gasteiger partial charge on any atom is 0.313 e. The molecule has 0 saturated heterocycles. The van der Waals surface area contributed by atoms with Gasteiger partial charge in [-0.15, -0.1) is 0 Å². The molecule has 1 aliphatic carbocycles. The van der Waals surface area contributed by atoms with Crippen molar-refractivity contribution in [2.75, 3.05) is 11.9 Å². The first-order chi connectivity index (χ1) is 10.6. The Morgan fingerprint density at radius 2 is 1.86 bits per heavy atom. The highest BCUT2D eigenvalue weighted by atomic mass is 35.5. The van der Waals surface area contributed by atoms with Crippen LogP contribution in [0.15, 0.2) is 24.3 Å². The summed E-state index contributed by atoms with van der Waals surface area (Å²) in [4.78, 5) is 23.6. The van der Waals surface area contributed by atoms with Gasteiger partial charge in [-0.25, -0.2) is 0 Å². The molecular formula is C16H21ClN2O3. The molecule has 1 aliphatic rings. The predicted octanol–water partition coefficient (Wildman–Crippen LogP) is 2.34. The summed E-state index contributed by atoms with van der Waals surface area (Å²) in [5.74, 6) is -1.35. The van der Waals surface area contributed by atoms with Gasteiger partial charge in [0.1, 0.15) is 0 Å². The van der Waals surface area contributed by atoms with E-state index in [2.05, 4.69) is 10.6 Å². The molecule has 0 heterocycles. The Morgan fingerprint density at radius 1 is 1.18 bits per heavy atom. The van der Waals surface area contributed by atoms with Crippen LogP contribution in [0.4, 0.5) is 5.69 Å². The second kappa shape index (κ2) is 8.15. The van der Waals surface area contributed by atoms with Gasteiger partial charge in [-0.1, -0.05) is 43.0 Å². The lowest BCUT2D eigenvalue weighted by molar-refractivity contribution is -0.136. The van der Waals surface area contributed by atoms with E-state index in [0.29, 0.717) is 10.7 Å². The number of nitrogens with one attached hydrogen (secondary N) is 2. The van der Waals surface area contributed by atoms with Crippen molar-refractivity contribution in [1.82, 2.24) is 5.32 Å². The summed E-state index contributed by atoms with van der Waals surface area (Å²) in [5.41, 5.74) is 0.386. The number of para-hydroxylation sites is 1. The molecule has 0 aromatic heterocycles. The third-order valence-corrected chi connectivity index (χ3v) is 4.32. The van der Waals surface area contributed by atoms with Crippen molar-refractivity contribution in [3.8, 4) is 0 Å². The van der Waals surface area contributed by atoms with Gasteiger partial charge in [-0.2, -0.15) is 0 Å². The molecule has 2 amide bonds. The molecule has 1 saturated carbocycles. The van der Waals surface area contributed by atoms with E-state index in [9.17, 15) is 14.7 Å². The Morgan fingerprint density at radius 3 is 2.55 bits per heavy atom. The molecule has 1 aromatic carbocycles. The maximum absolute atomic E-state index is 11.8. The fourth-order valence-electron chi connectivity index (χ4n) is 2.70. The smallest absolute Gasteiger partial charge is 0.313 e. The minimum Gasteiger partial charge on any atom is -0.391 e. The Labute approximate surface area is 135 Å². The monoisotopic (exact) mass is 324 g/mol. The van der Waals surface area contributed by atoms with E-state index in [1.165, 1.54) is 6.42 Å². The van der Waals surface area contributed by atoms with Gasteiger partial charge in [0, 0.05) is 6.54 Å². The molecule has 22 heavy (non-hydrogen) atoms. The van der Waals surface area contributed by atoms with Crippen molar-refractivity contribution in [2.45, 2.75) is 38.2 Å². The molecule has 0 spiro atoms. The van der Waals surface area contributed by atoms with Crippen LogP contribution in [0, 0.1) is 5.92 Å².